The summed E-state index contributed by atoms with van der Waals surface area (Å²) in [6.07, 6.45) is -0.688. The Labute approximate surface area is 149 Å². The number of carbonyl (C=O) groups excluding carboxylic acids is 1. The number of hydrogen-bond donors (Lipinski definition) is 1. The second kappa shape index (κ2) is 6.37. The molecule has 0 radical (unpaired) electrons. The fourth-order valence-electron chi connectivity index (χ4n) is 2.82. The van der Waals surface area contributed by atoms with Crippen LogP contribution in [0.3, 0.4) is 0 Å². The van der Waals surface area contributed by atoms with Gasteiger partial charge in [0.1, 0.15) is 6.61 Å². The number of carbonyl (C=O) groups is 1. The fourth-order valence-corrected chi connectivity index (χ4v) is 3.73. The van der Waals surface area contributed by atoms with Crippen LogP contribution in [0.1, 0.15) is 25.3 Å². The minimum atomic E-state index is -0.688. The zero-order valence-electron chi connectivity index (χ0n) is 14.0. The summed E-state index contributed by atoms with van der Waals surface area (Å²) in [5, 5.41) is 3.44. The number of para-hydroxylation sites is 3. The number of fused-ring (bicyclic) bond motifs is 2. The molecule has 3 aromatic rings. The Morgan fingerprint density at radius 3 is 2.80 bits per heavy atom. The third-order valence-corrected chi connectivity index (χ3v) is 5.04. The van der Waals surface area contributed by atoms with Crippen molar-refractivity contribution >= 4 is 32.6 Å². The Morgan fingerprint density at radius 1 is 1.20 bits per heavy atom. The molecule has 0 fully saturated rings. The van der Waals surface area contributed by atoms with Gasteiger partial charge in [0.25, 0.3) is 5.91 Å². The lowest BCUT2D eigenvalue weighted by molar-refractivity contribution is -0.125. The van der Waals surface area contributed by atoms with Crippen LogP contribution in [0, 0.1) is 0 Å². The molecule has 0 spiro atoms. The average Bonchev–Trinajstić information content (AvgIpc) is 3.03. The van der Waals surface area contributed by atoms with E-state index in [4.69, 9.17) is 9.47 Å². The van der Waals surface area contributed by atoms with Crippen molar-refractivity contribution in [2.75, 3.05) is 11.9 Å². The summed E-state index contributed by atoms with van der Waals surface area (Å²) in [5.74, 6) is 1.37. The molecule has 0 saturated carbocycles. The Bertz CT molecular complexity index is 935. The van der Waals surface area contributed by atoms with Crippen LogP contribution in [-0.4, -0.2) is 23.6 Å². The van der Waals surface area contributed by atoms with Gasteiger partial charge in [-0.3, -0.25) is 10.1 Å². The summed E-state index contributed by atoms with van der Waals surface area (Å²) in [4.78, 5) is 17.1. The van der Waals surface area contributed by atoms with Crippen molar-refractivity contribution in [3.05, 3.63) is 48.0 Å². The first-order valence-electron chi connectivity index (χ1n) is 8.20. The molecule has 4 rings (SSSR count). The maximum atomic E-state index is 12.5. The van der Waals surface area contributed by atoms with Crippen molar-refractivity contribution in [3.8, 4) is 11.5 Å². The van der Waals surface area contributed by atoms with Crippen molar-refractivity contribution < 1.29 is 14.3 Å². The number of rotatable bonds is 3. The normalized spacial score (nSPS) is 16.2. The molecule has 2 aromatic carbocycles. The number of amides is 1. The fraction of sp³-hybridized carbons (Fsp3) is 0.263. The Kier molecular flexibility index (Phi) is 4.05. The van der Waals surface area contributed by atoms with E-state index in [1.165, 1.54) is 16.9 Å². The van der Waals surface area contributed by atoms with E-state index in [0.29, 0.717) is 22.5 Å². The molecule has 1 N–H and O–H groups in total. The molecular formula is C19H18N2O3S. The van der Waals surface area contributed by atoms with Crippen molar-refractivity contribution in [1.29, 1.82) is 0 Å². The smallest absolute Gasteiger partial charge is 0.270 e. The summed E-state index contributed by atoms with van der Waals surface area (Å²) >= 11 is 1.47. The van der Waals surface area contributed by atoms with Gasteiger partial charge in [0.15, 0.2) is 16.6 Å². The summed E-state index contributed by atoms with van der Waals surface area (Å²) < 4.78 is 12.4. The second-order valence-corrected chi connectivity index (χ2v) is 7.25. The molecule has 6 heteroatoms. The van der Waals surface area contributed by atoms with Crippen molar-refractivity contribution in [2.45, 2.75) is 25.9 Å². The molecule has 0 bridgehead atoms. The Morgan fingerprint density at radius 2 is 2.00 bits per heavy atom. The highest BCUT2D eigenvalue weighted by Gasteiger charge is 2.28. The predicted molar refractivity (Wildman–Crippen MR) is 98.7 cm³/mol. The van der Waals surface area contributed by atoms with Crippen LogP contribution in [0.5, 0.6) is 11.5 Å². The van der Waals surface area contributed by atoms with E-state index in [9.17, 15) is 4.79 Å². The summed E-state index contributed by atoms with van der Waals surface area (Å²) in [6, 6.07) is 13.5. The van der Waals surface area contributed by atoms with Gasteiger partial charge in [-0.1, -0.05) is 49.4 Å². The first-order chi connectivity index (χ1) is 12.1. The number of nitrogens with zero attached hydrogens (tertiary/aromatic N) is 1. The van der Waals surface area contributed by atoms with Gasteiger partial charge in [-0.15, -0.1) is 0 Å². The van der Waals surface area contributed by atoms with Gasteiger partial charge in [0.2, 0.25) is 6.10 Å². The maximum Gasteiger partial charge on any atom is 0.270 e. The number of thiazole rings is 1. The molecule has 1 aliphatic heterocycles. The molecule has 128 valence electrons. The zero-order chi connectivity index (χ0) is 17.4. The van der Waals surface area contributed by atoms with Crippen LogP contribution in [0.2, 0.25) is 0 Å². The first kappa shape index (κ1) is 15.9. The molecule has 1 atom stereocenters. The Balaban J connectivity index is 1.54. The number of hydrogen-bond acceptors (Lipinski definition) is 5. The number of ether oxygens (including phenoxy) is 2. The van der Waals surface area contributed by atoms with Gasteiger partial charge in [-0.2, -0.15) is 0 Å². The molecule has 0 saturated heterocycles. The minimum Gasteiger partial charge on any atom is -0.485 e. The molecular weight excluding hydrogens is 336 g/mol. The lowest BCUT2D eigenvalue weighted by atomic mass is 10.0. The highest BCUT2D eigenvalue weighted by molar-refractivity contribution is 7.22. The number of anilines is 1. The van der Waals surface area contributed by atoms with Gasteiger partial charge >= 0.3 is 0 Å². The number of aromatic nitrogens is 1. The molecule has 1 aromatic heterocycles. The summed E-state index contributed by atoms with van der Waals surface area (Å²) in [5.41, 5.74) is 2.13. The van der Waals surface area contributed by atoms with E-state index in [-0.39, 0.29) is 12.5 Å². The second-order valence-electron chi connectivity index (χ2n) is 6.22. The van der Waals surface area contributed by atoms with Gasteiger partial charge < -0.3 is 9.47 Å². The van der Waals surface area contributed by atoms with Crippen LogP contribution in [0.15, 0.2) is 42.5 Å². The summed E-state index contributed by atoms with van der Waals surface area (Å²) in [7, 11) is 0. The monoisotopic (exact) mass is 354 g/mol. The molecule has 1 unspecified atom stereocenters. The Hall–Kier alpha value is -2.60. The average molecular weight is 354 g/mol. The van der Waals surface area contributed by atoms with Crippen LogP contribution in [0.4, 0.5) is 5.13 Å². The molecule has 2 heterocycles. The topological polar surface area (TPSA) is 60.5 Å². The van der Waals surface area contributed by atoms with Gasteiger partial charge in [0.05, 0.1) is 10.2 Å². The minimum absolute atomic E-state index is 0.186. The van der Waals surface area contributed by atoms with Crippen molar-refractivity contribution in [2.24, 2.45) is 0 Å². The number of nitrogens with one attached hydrogen (secondary N) is 1. The van der Waals surface area contributed by atoms with E-state index in [1.807, 2.05) is 30.3 Å². The van der Waals surface area contributed by atoms with Gasteiger partial charge in [0, 0.05) is 0 Å². The number of benzene rings is 2. The van der Waals surface area contributed by atoms with Crippen LogP contribution in [-0.2, 0) is 4.79 Å². The van der Waals surface area contributed by atoms with E-state index < -0.39 is 6.10 Å². The third-order valence-electron chi connectivity index (χ3n) is 4.10. The van der Waals surface area contributed by atoms with Gasteiger partial charge in [-0.25, -0.2) is 4.98 Å². The van der Waals surface area contributed by atoms with Gasteiger partial charge in [-0.05, 0) is 29.7 Å². The molecule has 5 nitrogen and oxygen atoms in total. The summed E-state index contributed by atoms with van der Waals surface area (Å²) in [6.45, 7) is 4.46. The molecule has 0 aliphatic carbocycles. The molecule has 1 amide bonds. The maximum absolute atomic E-state index is 12.5. The van der Waals surface area contributed by atoms with E-state index in [2.05, 4.69) is 30.2 Å². The lowest BCUT2D eigenvalue weighted by Gasteiger charge is -2.25. The van der Waals surface area contributed by atoms with Crippen molar-refractivity contribution in [3.63, 3.8) is 0 Å². The predicted octanol–water partition coefficient (Wildman–Crippen LogP) is 4.20. The van der Waals surface area contributed by atoms with Crippen LogP contribution in [0.25, 0.3) is 10.2 Å². The highest BCUT2D eigenvalue weighted by atomic mass is 32.1. The highest BCUT2D eigenvalue weighted by Crippen LogP contribution is 2.33. The standard InChI is InChI=1S/C19H18N2O3S/c1-11(2)12-6-5-9-16-17(12)20-19(25-16)21-18(22)15-10-23-13-7-3-4-8-14(13)24-15/h3-9,11,15H,10H2,1-2H3,(H,20,21,22). The molecule has 25 heavy (non-hydrogen) atoms. The van der Waals surface area contributed by atoms with E-state index >= 15 is 0 Å². The third kappa shape index (κ3) is 3.05. The van der Waals surface area contributed by atoms with E-state index in [1.54, 1.807) is 6.07 Å². The largest absolute Gasteiger partial charge is 0.485 e. The quantitative estimate of drug-likeness (QED) is 0.766. The SMILES string of the molecule is CC(C)c1cccc2sc(NC(=O)C3COc4ccccc4O3)nc12. The van der Waals surface area contributed by atoms with Crippen molar-refractivity contribution in [1.82, 2.24) is 4.98 Å². The molecule has 1 aliphatic rings. The van der Waals surface area contributed by atoms with E-state index in [0.717, 1.165) is 10.2 Å². The zero-order valence-corrected chi connectivity index (χ0v) is 14.8. The van der Waals surface area contributed by atoms with Crippen LogP contribution < -0.4 is 14.8 Å². The lowest BCUT2D eigenvalue weighted by Crippen LogP contribution is -2.40. The first-order valence-corrected chi connectivity index (χ1v) is 9.02. The van der Waals surface area contributed by atoms with Crippen LogP contribution >= 0.6 is 11.3 Å².